The highest BCUT2D eigenvalue weighted by molar-refractivity contribution is 7.63. The van der Waals surface area contributed by atoms with Crippen LogP contribution in [0.3, 0.4) is 0 Å². The van der Waals surface area contributed by atoms with Crippen molar-refractivity contribution in [2.75, 3.05) is 25.3 Å². The minimum Gasteiger partial charge on any atom is -0.366 e. The molecular weight excluding hydrogens is 298 g/mol. The molecular formula is C13H22FN2O4P. The van der Waals surface area contributed by atoms with E-state index in [4.69, 9.17) is 4.74 Å². The van der Waals surface area contributed by atoms with Crippen molar-refractivity contribution < 1.29 is 13.7 Å². The van der Waals surface area contributed by atoms with Crippen molar-refractivity contribution in [2.24, 2.45) is 0 Å². The molecule has 1 aromatic heterocycles. The van der Waals surface area contributed by atoms with Crippen LogP contribution in [-0.2, 0) is 15.8 Å². The zero-order chi connectivity index (χ0) is 16.0. The SMILES string of the molecule is CCP(=O)(CC)CO[C@H](CF)Cn1cc(C)c(=O)[nH]c1=O. The van der Waals surface area contributed by atoms with Gasteiger partial charge in [-0.1, -0.05) is 13.8 Å². The molecule has 0 radical (unpaired) electrons. The molecule has 1 atom stereocenters. The lowest BCUT2D eigenvalue weighted by Crippen LogP contribution is -2.35. The maximum absolute atomic E-state index is 13.0. The third-order valence-corrected chi connectivity index (χ3v) is 6.38. The Balaban J connectivity index is 2.80. The first kappa shape index (κ1) is 17.9. The van der Waals surface area contributed by atoms with Crippen molar-refractivity contribution in [2.45, 2.75) is 33.4 Å². The van der Waals surface area contributed by atoms with Crippen LogP contribution in [0.25, 0.3) is 0 Å². The fourth-order valence-electron chi connectivity index (χ4n) is 1.77. The van der Waals surface area contributed by atoms with Crippen LogP contribution in [0.2, 0.25) is 0 Å². The summed E-state index contributed by atoms with van der Waals surface area (Å²) in [6.45, 7) is 4.36. The number of aromatic nitrogens is 2. The van der Waals surface area contributed by atoms with Gasteiger partial charge in [-0.25, -0.2) is 9.18 Å². The number of rotatable bonds is 8. The van der Waals surface area contributed by atoms with Gasteiger partial charge in [0.15, 0.2) is 0 Å². The Labute approximate surface area is 122 Å². The van der Waals surface area contributed by atoms with Crippen molar-refractivity contribution in [3.05, 3.63) is 32.6 Å². The molecule has 1 heterocycles. The smallest absolute Gasteiger partial charge is 0.328 e. The summed E-state index contributed by atoms with van der Waals surface area (Å²) >= 11 is 0. The van der Waals surface area contributed by atoms with Crippen LogP contribution in [0.5, 0.6) is 0 Å². The van der Waals surface area contributed by atoms with Gasteiger partial charge < -0.3 is 9.30 Å². The van der Waals surface area contributed by atoms with Crippen LogP contribution in [0, 0.1) is 6.92 Å². The summed E-state index contributed by atoms with van der Waals surface area (Å²) in [5.41, 5.74) is -0.711. The van der Waals surface area contributed by atoms with Crippen LogP contribution in [0.4, 0.5) is 4.39 Å². The standard InChI is InChI=1S/C13H22FN2O4P/c1-4-21(19,5-2)9-20-11(6-14)8-16-7-10(3)12(17)15-13(16)18/h7,11H,4-6,8-9H2,1-3H3,(H,15,17,18)/t11-/m1/s1. The molecule has 8 heteroatoms. The Kier molecular flexibility index (Phi) is 6.55. The molecule has 0 saturated heterocycles. The minimum absolute atomic E-state index is 0.00563. The first-order valence-corrected chi connectivity index (χ1v) is 9.16. The van der Waals surface area contributed by atoms with Crippen LogP contribution in [-0.4, -0.2) is 41.0 Å². The second kappa shape index (κ2) is 7.71. The average molecular weight is 320 g/mol. The number of H-pyrrole nitrogens is 1. The molecule has 0 aromatic carbocycles. The van der Waals surface area contributed by atoms with Gasteiger partial charge in [-0.3, -0.25) is 14.3 Å². The lowest BCUT2D eigenvalue weighted by molar-refractivity contribution is 0.0504. The zero-order valence-electron chi connectivity index (χ0n) is 12.6. The summed E-state index contributed by atoms with van der Waals surface area (Å²) < 4.78 is 31.8. The number of nitrogens with zero attached hydrogens (tertiary/aromatic N) is 1. The van der Waals surface area contributed by atoms with Crippen molar-refractivity contribution >= 4 is 7.14 Å². The summed E-state index contributed by atoms with van der Waals surface area (Å²) in [5, 5.41) is 0. The highest BCUT2D eigenvalue weighted by atomic mass is 31.2. The fourth-order valence-corrected chi connectivity index (χ4v) is 3.06. The summed E-state index contributed by atoms with van der Waals surface area (Å²) in [7, 11) is -2.42. The topological polar surface area (TPSA) is 81.2 Å². The van der Waals surface area contributed by atoms with E-state index in [0.717, 1.165) is 0 Å². The third kappa shape index (κ3) is 4.93. The van der Waals surface area contributed by atoms with Gasteiger partial charge in [-0.05, 0) is 6.92 Å². The summed E-state index contributed by atoms with van der Waals surface area (Å²) in [5.74, 6) is 0. The number of hydrogen-bond donors (Lipinski definition) is 1. The molecule has 0 spiro atoms. The zero-order valence-corrected chi connectivity index (χ0v) is 13.5. The van der Waals surface area contributed by atoms with E-state index >= 15 is 0 Å². The van der Waals surface area contributed by atoms with E-state index < -0.39 is 31.2 Å². The molecule has 0 aliphatic rings. The number of halogens is 1. The van der Waals surface area contributed by atoms with Crippen LogP contribution in [0.1, 0.15) is 19.4 Å². The minimum atomic E-state index is -2.42. The summed E-state index contributed by atoms with van der Waals surface area (Å²) in [6, 6.07) is 0. The normalized spacial score (nSPS) is 13.3. The van der Waals surface area contributed by atoms with Crippen LogP contribution in [0.15, 0.2) is 15.8 Å². The quantitative estimate of drug-likeness (QED) is 0.737. The Morgan fingerprint density at radius 1 is 1.38 bits per heavy atom. The second-order valence-electron chi connectivity index (χ2n) is 4.99. The van der Waals surface area contributed by atoms with E-state index in [-0.39, 0.29) is 12.9 Å². The average Bonchev–Trinajstić information content (AvgIpc) is 2.48. The summed E-state index contributed by atoms with van der Waals surface area (Å²) in [4.78, 5) is 25.1. The van der Waals surface area contributed by atoms with E-state index in [1.807, 2.05) is 13.8 Å². The second-order valence-corrected chi connectivity index (χ2v) is 8.63. The molecule has 1 aromatic rings. The monoisotopic (exact) mass is 320 g/mol. The van der Waals surface area contributed by atoms with Gasteiger partial charge in [0.05, 0.1) is 6.54 Å². The molecule has 0 saturated carbocycles. The highest BCUT2D eigenvalue weighted by Crippen LogP contribution is 2.44. The van der Waals surface area contributed by atoms with Gasteiger partial charge in [0.25, 0.3) is 5.56 Å². The fraction of sp³-hybridized carbons (Fsp3) is 0.692. The predicted octanol–water partition coefficient (Wildman–Crippen LogP) is 1.56. The largest absolute Gasteiger partial charge is 0.366 e. The lowest BCUT2D eigenvalue weighted by atomic mass is 10.3. The Hall–Kier alpha value is -1.20. The molecule has 6 nitrogen and oxygen atoms in total. The Bertz CT molecular complexity index is 617. The number of hydrogen-bond acceptors (Lipinski definition) is 4. The number of aryl methyl sites for hydroxylation is 1. The van der Waals surface area contributed by atoms with Gasteiger partial charge in [-0.2, -0.15) is 0 Å². The van der Waals surface area contributed by atoms with Gasteiger partial charge in [-0.15, -0.1) is 0 Å². The van der Waals surface area contributed by atoms with Crippen molar-refractivity contribution in [3.63, 3.8) is 0 Å². The number of alkyl halides is 1. The molecule has 0 aliphatic heterocycles. The number of ether oxygens (including phenoxy) is 1. The van der Waals surface area contributed by atoms with Gasteiger partial charge in [0.1, 0.15) is 26.3 Å². The predicted molar refractivity (Wildman–Crippen MR) is 80.5 cm³/mol. The van der Waals surface area contributed by atoms with Gasteiger partial charge in [0, 0.05) is 24.1 Å². The first-order valence-electron chi connectivity index (χ1n) is 6.90. The van der Waals surface area contributed by atoms with E-state index in [9.17, 15) is 18.5 Å². The van der Waals surface area contributed by atoms with Crippen LogP contribution >= 0.6 is 7.14 Å². The lowest BCUT2D eigenvalue weighted by Gasteiger charge is -2.20. The molecule has 120 valence electrons. The third-order valence-electron chi connectivity index (χ3n) is 3.46. The van der Waals surface area contributed by atoms with Crippen molar-refractivity contribution in [1.82, 2.24) is 9.55 Å². The van der Waals surface area contributed by atoms with E-state index in [2.05, 4.69) is 4.98 Å². The Morgan fingerprint density at radius 2 is 2.00 bits per heavy atom. The Morgan fingerprint density at radius 3 is 2.52 bits per heavy atom. The maximum Gasteiger partial charge on any atom is 0.328 e. The molecule has 0 bridgehead atoms. The number of nitrogens with one attached hydrogen (secondary N) is 1. The summed E-state index contributed by atoms with van der Waals surface area (Å²) in [6.07, 6.45) is 1.51. The molecule has 1 N–H and O–H groups in total. The number of aromatic amines is 1. The molecule has 0 amide bonds. The van der Waals surface area contributed by atoms with Gasteiger partial charge in [0.2, 0.25) is 0 Å². The maximum atomic E-state index is 13.0. The molecule has 21 heavy (non-hydrogen) atoms. The molecule has 0 fully saturated rings. The van der Waals surface area contributed by atoms with E-state index in [0.29, 0.717) is 17.9 Å². The van der Waals surface area contributed by atoms with Crippen molar-refractivity contribution in [1.29, 1.82) is 0 Å². The first-order chi connectivity index (χ1) is 9.85. The van der Waals surface area contributed by atoms with E-state index in [1.165, 1.54) is 10.8 Å². The highest BCUT2D eigenvalue weighted by Gasteiger charge is 2.21. The van der Waals surface area contributed by atoms with E-state index in [1.54, 1.807) is 6.92 Å². The molecule has 0 unspecified atom stereocenters. The van der Waals surface area contributed by atoms with Crippen LogP contribution < -0.4 is 11.2 Å². The van der Waals surface area contributed by atoms with Gasteiger partial charge >= 0.3 is 5.69 Å². The molecule has 0 aliphatic carbocycles. The van der Waals surface area contributed by atoms with Crippen molar-refractivity contribution in [3.8, 4) is 0 Å². The molecule has 1 rings (SSSR count).